The van der Waals surface area contributed by atoms with Crippen LogP contribution in [0.2, 0.25) is 0 Å². The molecule has 5 nitrogen and oxygen atoms in total. The van der Waals surface area contributed by atoms with Crippen molar-refractivity contribution in [3.05, 3.63) is 33.9 Å². The zero-order valence-corrected chi connectivity index (χ0v) is 9.77. The van der Waals surface area contributed by atoms with Gasteiger partial charge >= 0.3 is 0 Å². The lowest BCUT2D eigenvalue weighted by Crippen LogP contribution is -2.43. The average molecular weight is 236 g/mol. The van der Waals surface area contributed by atoms with E-state index in [0.717, 1.165) is 24.8 Å². The molecule has 2 N–H and O–H groups in total. The minimum Gasteiger partial charge on any atom is -0.388 e. The van der Waals surface area contributed by atoms with E-state index >= 15 is 0 Å². The van der Waals surface area contributed by atoms with E-state index in [-0.39, 0.29) is 5.69 Å². The van der Waals surface area contributed by atoms with Gasteiger partial charge in [0.15, 0.2) is 0 Å². The minimum absolute atomic E-state index is 0.0542. The van der Waals surface area contributed by atoms with Crippen LogP contribution in [0.3, 0.4) is 0 Å². The van der Waals surface area contributed by atoms with Gasteiger partial charge in [0.25, 0.3) is 5.69 Å². The van der Waals surface area contributed by atoms with Crippen LogP contribution >= 0.6 is 0 Å². The molecule has 0 spiro atoms. The van der Waals surface area contributed by atoms with E-state index in [4.69, 9.17) is 0 Å². The maximum Gasteiger partial charge on any atom is 0.292 e. The molecule has 2 rings (SSSR count). The largest absolute Gasteiger partial charge is 0.388 e. The van der Waals surface area contributed by atoms with Crippen molar-refractivity contribution in [3.8, 4) is 0 Å². The van der Waals surface area contributed by atoms with Gasteiger partial charge in [0.05, 0.1) is 10.5 Å². The van der Waals surface area contributed by atoms with Crippen LogP contribution in [0.15, 0.2) is 18.2 Å². The van der Waals surface area contributed by atoms with Crippen LogP contribution in [0, 0.1) is 17.0 Å². The molecule has 0 radical (unpaired) electrons. The number of nitro groups is 1. The van der Waals surface area contributed by atoms with Gasteiger partial charge in [-0.2, -0.15) is 0 Å². The Hall–Kier alpha value is -1.62. The molecule has 0 aromatic heterocycles. The Morgan fingerprint density at radius 3 is 2.76 bits per heavy atom. The maximum absolute atomic E-state index is 10.8. The number of aliphatic hydroxyl groups is 1. The van der Waals surface area contributed by atoms with Crippen LogP contribution in [0.5, 0.6) is 0 Å². The molecule has 1 aliphatic rings. The standard InChI is InChI=1S/C12H16N2O3/c1-9-3-4-11(14(16)17)10(7-9)13-8-12(15)5-2-6-12/h3-4,7,13,15H,2,5-6,8H2,1H3. The van der Waals surface area contributed by atoms with E-state index in [9.17, 15) is 15.2 Å². The number of aryl methyl sites for hydroxylation is 1. The Bertz CT molecular complexity index is 441. The molecule has 0 aliphatic heterocycles. The Balaban J connectivity index is 2.13. The van der Waals surface area contributed by atoms with E-state index in [2.05, 4.69) is 5.32 Å². The zero-order valence-electron chi connectivity index (χ0n) is 9.77. The lowest BCUT2D eigenvalue weighted by Gasteiger charge is -2.36. The number of rotatable bonds is 4. The molecule has 1 saturated carbocycles. The van der Waals surface area contributed by atoms with Crippen molar-refractivity contribution in [1.82, 2.24) is 0 Å². The molecule has 0 amide bonds. The second-order valence-corrected chi connectivity index (χ2v) is 4.71. The molecule has 0 bridgehead atoms. The third-order valence-electron chi connectivity index (χ3n) is 3.24. The van der Waals surface area contributed by atoms with Crippen LogP contribution in [-0.4, -0.2) is 22.2 Å². The van der Waals surface area contributed by atoms with Crippen LogP contribution in [-0.2, 0) is 0 Å². The number of anilines is 1. The van der Waals surface area contributed by atoms with E-state index in [1.165, 1.54) is 6.07 Å². The monoisotopic (exact) mass is 236 g/mol. The predicted octanol–water partition coefficient (Wildman–Crippen LogP) is 2.23. The highest BCUT2D eigenvalue weighted by molar-refractivity contribution is 5.62. The molecular formula is C12H16N2O3. The minimum atomic E-state index is -0.683. The van der Waals surface area contributed by atoms with Gasteiger partial charge in [-0.25, -0.2) is 0 Å². The van der Waals surface area contributed by atoms with Gasteiger partial charge < -0.3 is 10.4 Å². The van der Waals surface area contributed by atoms with Crippen molar-refractivity contribution in [1.29, 1.82) is 0 Å². The Labute approximate surface area is 99.6 Å². The number of hydrogen-bond donors (Lipinski definition) is 2. The number of benzene rings is 1. The Morgan fingerprint density at radius 2 is 2.24 bits per heavy atom. The zero-order chi connectivity index (χ0) is 12.5. The summed E-state index contributed by atoms with van der Waals surface area (Å²) in [6.45, 7) is 2.25. The van der Waals surface area contributed by atoms with Crippen molar-refractivity contribution in [2.24, 2.45) is 0 Å². The van der Waals surface area contributed by atoms with Crippen molar-refractivity contribution in [2.75, 3.05) is 11.9 Å². The summed E-state index contributed by atoms with van der Waals surface area (Å²) in [5.41, 5.74) is 0.810. The van der Waals surface area contributed by atoms with Gasteiger partial charge in [-0.1, -0.05) is 6.07 Å². The Kier molecular flexibility index (Phi) is 3.02. The average Bonchev–Trinajstić information content (AvgIpc) is 2.23. The van der Waals surface area contributed by atoms with Gasteiger partial charge in [-0.15, -0.1) is 0 Å². The fourth-order valence-corrected chi connectivity index (χ4v) is 1.97. The topological polar surface area (TPSA) is 75.4 Å². The summed E-state index contributed by atoms with van der Waals surface area (Å²) >= 11 is 0. The number of nitro benzene ring substituents is 1. The summed E-state index contributed by atoms with van der Waals surface area (Å²) in [4.78, 5) is 10.4. The van der Waals surface area contributed by atoms with Gasteiger partial charge in [0, 0.05) is 12.6 Å². The van der Waals surface area contributed by atoms with E-state index in [0.29, 0.717) is 12.2 Å². The normalized spacial score (nSPS) is 17.3. The highest BCUT2D eigenvalue weighted by Crippen LogP contribution is 2.33. The summed E-state index contributed by atoms with van der Waals surface area (Å²) in [5.74, 6) is 0. The molecule has 1 aliphatic carbocycles. The third kappa shape index (κ3) is 2.55. The van der Waals surface area contributed by atoms with Crippen LogP contribution in [0.1, 0.15) is 24.8 Å². The molecule has 1 aromatic rings. The summed E-state index contributed by atoms with van der Waals surface area (Å²) in [7, 11) is 0. The number of hydrogen-bond acceptors (Lipinski definition) is 4. The molecule has 0 saturated heterocycles. The van der Waals surface area contributed by atoms with Gasteiger partial charge in [-0.3, -0.25) is 10.1 Å². The second kappa shape index (κ2) is 4.33. The van der Waals surface area contributed by atoms with Gasteiger partial charge in [0.2, 0.25) is 0 Å². The van der Waals surface area contributed by atoms with Crippen LogP contribution in [0.4, 0.5) is 11.4 Å². The number of nitrogens with zero attached hydrogens (tertiary/aromatic N) is 1. The molecule has 1 fully saturated rings. The predicted molar refractivity (Wildman–Crippen MR) is 65.1 cm³/mol. The lowest BCUT2D eigenvalue weighted by atomic mass is 9.80. The first kappa shape index (κ1) is 11.9. The smallest absolute Gasteiger partial charge is 0.292 e. The third-order valence-corrected chi connectivity index (χ3v) is 3.24. The summed E-state index contributed by atoms with van der Waals surface area (Å²) in [6.07, 6.45) is 2.55. The maximum atomic E-state index is 10.8. The highest BCUT2D eigenvalue weighted by atomic mass is 16.6. The SMILES string of the molecule is Cc1ccc([N+](=O)[O-])c(NCC2(O)CCC2)c1. The van der Waals surface area contributed by atoms with E-state index < -0.39 is 10.5 Å². The molecule has 5 heteroatoms. The fourth-order valence-electron chi connectivity index (χ4n) is 1.97. The molecule has 0 heterocycles. The van der Waals surface area contributed by atoms with Crippen LogP contribution in [0.25, 0.3) is 0 Å². The second-order valence-electron chi connectivity index (χ2n) is 4.71. The first-order valence-electron chi connectivity index (χ1n) is 5.71. The highest BCUT2D eigenvalue weighted by Gasteiger charge is 2.34. The summed E-state index contributed by atoms with van der Waals surface area (Å²) in [6, 6.07) is 4.93. The van der Waals surface area contributed by atoms with Gasteiger partial charge in [0.1, 0.15) is 5.69 Å². The number of nitrogens with one attached hydrogen (secondary N) is 1. The van der Waals surface area contributed by atoms with Crippen molar-refractivity contribution < 1.29 is 10.0 Å². The fraction of sp³-hybridized carbons (Fsp3) is 0.500. The van der Waals surface area contributed by atoms with Gasteiger partial charge in [-0.05, 0) is 37.8 Å². The van der Waals surface area contributed by atoms with E-state index in [1.807, 2.05) is 6.92 Å². The molecule has 1 aromatic carbocycles. The first-order chi connectivity index (χ1) is 8.00. The van der Waals surface area contributed by atoms with Crippen molar-refractivity contribution in [2.45, 2.75) is 31.8 Å². The van der Waals surface area contributed by atoms with Crippen LogP contribution < -0.4 is 5.32 Å². The quantitative estimate of drug-likeness (QED) is 0.621. The molecule has 92 valence electrons. The van der Waals surface area contributed by atoms with Crippen molar-refractivity contribution >= 4 is 11.4 Å². The summed E-state index contributed by atoms with van der Waals surface area (Å²) in [5, 5.41) is 23.8. The molecular weight excluding hydrogens is 220 g/mol. The Morgan fingerprint density at radius 1 is 1.53 bits per heavy atom. The summed E-state index contributed by atoms with van der Waals surface area (Å²) < 4.78 is 0. The molecule has 0 unspecified atom stereocenters. The lowest BCUT2D eigenvalue weighted by molar-refractivity contribution is -0.384. The molecule has 0 atom stereocenters. The van der Waals surface area contributed by atoms with Crippen molar-refractivity contribution in [3.63, 3.8) is 0 Å². The van der Waals surface area contributed by atoms with E-state index in [1.54, 1.807) is 12.1 Å². The molecule has 17 heavy (non-hydrogen) atoms. The first-order valence-corrected chi connectivity index (χ1v) is 5.71.